The predicted molar refractivity (Wildman–Crippen MR) is 103 cm³/mol. The standard InChI is InChI=1S/C21H26N4O/c26-21(25-12-8-18-5-1-2-7-20(18)25)9-11-23-13-15-24(16-14-23)17-19-6-3-4-10-22-19/h1-7,10H,8-9,11-17H2. The molecule has 4 rings (SSSR count). The van der Waals surface area contributed by atoms with Crippen LogP contribution in [0.15, 0.2) is 48.7 Å². The SMILES string of the molecule is O=C(CCN1CCN(Cc2ccccn2)CC1)N1CCc2ccccc21. The minimum absolute atomic E-state index is 0.255. The van der Waals surface area contributed by atoms with Gasteiger partial charge < -0.3 is 9.80 Å². The van der Waals surface area contributed by atoms with E-state index in [2.05, 4.69) is 39.0 Å². The molecular weight excluding hydrogens is 324 g/mol. The number of hydrogen-bond acceptors (Lipinski definition) is 4. The van der Waals surface area contributed by atoms with Crippen LogP contribution in [0, 0.1) is 0 Å². The van der Waals surface area contributed by atoms with Crippen LogP contribution in [0.4, 0.5) is 5.69 Å². The Bertz CT molecular complexity index is 741. The lowest BCUT2D eigenvalue weighted by molar-refractivity contribution is -0.118. The number of amides is 1. The van der Waals surface area contributed by atoms with Crippen LogP contribution in [0.5, 0.6) is 0 Å². The molecule has 5 nitrogen and oxygen atoms in total. The lowest BCUT2D eigenvalue weighted by atomic mass is 10.2. The maximum absolute atomic E-state index is 12.6. The fraction of sp³-hybridized carbons (Fsp3) is 0.429. The first-order valence-electron chi connectivity index (χ1n) is 9.52. The molecule has 0 saturated carbocycles. The number of piperazine rings is 1. The van der Waals surface area contributed by atoms with E-state index in [0.29, 0.717) is 6.42 Å². The number of carbonyl (C=O) groups is 1. The smallest absolute Gasteiger partial charge is 0.228 e. The number of carbonyl (C=O) groups excluding carboxylic acids is 1. The van der Waals surface area contributed by atoms with Gasteiger partial charge in [0.1, 0.15) is 0 Å². The van der Waals surface area contributed by atoms with Crippen LogP contribution in [0.2, 0.25) is 0 Å². The molecule has 0 spiro atoms. The quantitative estimate of drug-likeness (QED) is 0.829. The Morgan fingerprint density at radius 3 is 2.50 bits per heavy atom. The van der Waals surface area contributed by atoms with Crippen molar-refractivity contribution >= 4 is 11.6 Å². The summed E-state index contributed by atoms with van der Waals surface area (Å²) in [6.45, 7) is 6.73. The summed E-state index contributed by atoms with van der Waals surface area (Å²) in [5.74, 6) is 0.255. The van der Waals surface area contributed by atoms with Crippen molar-refractivity contribution in [1.82, 2.24) is 14.8 Å². The Balaban J connectivity index is 1.22. The van der Waals surface area contributed by atoms with Crippen LogP contribution in [0.1, 0.15) is 17.7 Å². The van der Waals surface area contributed by atoms with Crippen molar-refractivity contribution in [1.29, 1.82) is 0 Å². The van der Waals surface area contributed by atoms with Gasteiger partial charge in [0.05, 0.1) is 5.69 Å². The molecule has 2 aromatic rings. The highest BCUT2D eigenvalue weighted by molar-refractivity contribution is 5.95. The van der Waals surface area contributed by atoms with E-state index in [1.807, 2.05) is 29.3 Å². The molecule has 1 amide bonds. The molecule has 1 aromatic carbocycles. The van der Waals surface area contributed by atoms with Gasteiger partial charge in [0.15, 0.2) is 0 Å². The number of para-hydroxylation sites is 1. The van der Waals surface area contributed by atoms with Gasteiger partial charge in [0, 0.05) is 64.1 Å². The van der Waals surface area contributed by atoms with Gasteiger partial charge in [-0.1, -0.05) is 24.3 Å². The van der Waals surface area contributed by atoms with Crippen LogP contribution in [0.25, 0.3) is 0 Å². The molecule has 0 aliphatic carbocycles. The van der Waals surface area contributed by atoms with Crippen LogP contribution < -0.4 is 4.90 Å². The van der Waals surface area contributed by atoms with E-state index in [1.165, 1.54) is 5.56 Å². The Hall–Kier alpha value is -2.24. The molecule has 2 aliphatic heterocycles. The predicted octanol–water partition coefficient (Wildman–Crippen LogP) is 2.18. The number of anilines is 1. The summed E-state index contributed by atoms with van der Waals surface area (Å²) in [5, 5.41) is 0. The fourth-order valence-electron chi connectivity index (χ4n) is 3.88. The van der Waals surface area contributed by atoms with Crippen LogP contribution >= 0.6 is 0 Å². The second-order valence-corrected chi connectivity index (χ2v) is 7.11. The molecule has 0 unspecified atom stereocenters. The summed E-state index contributed by atoms with van der Waals surface area (Å²) in [7, 11) is 0. The third kappa shape index (κ3) is 3.94. The van der Waals surface area contributed by atoms with Crippen molar-refractivity contribution < 1.29 is 4.79 Å². The number of pyridine rings is 1. The Kier molecular flexibility index (Phi) is 5.27. The van der Waals surface area contributed by atoms with E-state index in [-0.39, 0.29) is 5.91 Å². The van der Waals surface area contributed by atoms with Crippen molar-refractivity contribution in [3.8, 4) is 0 Å². The lowest BCUT2D eigenvalue weighted by Crippen LogP contribution is -2.47. The summed E-state index contributed by atoms with van der Waals surface area (Å²) in [6.07, 6.45) is 3.44. The number of hydrogen-bond donors (Lipinski definition) is 0. The van der Waals surface area contributed by atoms with Crippen molar-refractivity contribution in [3.63, 3.8) is 0 Å². The molecule has 1 fully saturated rings. The fourth-order valence-corrected chi connectivity index (χ4v) is 3.88. The van der Waals surface area contributed by atoms with Gasteiger partial charge in [0.25, 0.3) is 0 Å². The average Bonchev–Trinajstić information content (AvgIpc) is 3.12. The molecule has 0 atom stereocenters. The molecular formula is C21H26N4O. The summed E-state index contributed by atoms with van der Waals surface area (Å²) >= 11 is 0. The molecule has 26 heavy (non-hydrogen) atoms. The zero-order chi connectivity index (χ0) is 17.8. The molecule has 0 bridgehead atoms. The van der Waals surface area contributed by atoms with Crippen LogP contribution in [0.3, 0.4) is 0 Å². The molecule has 0 radical (unpaired) electrons. The first-order valence-corrected chi connectivity index (χ1v) is 9.52. The maximum Gasteiger partial charge on any atom is 0.228 e. The Labute approximate surface area is 155 Å². The van der Waals surface area contributed by atoms with Crippen molar-refractivity contribution in [2.75, 3.05) is 44.2 Å². The van der Waals surface area contributed by atoms with Gasteiger partial charge >= 0.3 is 0 Å². The Morgan fingerprint density at radius 2 is 1.69 bits per heavy atom. The zero-order valence-electron chi connectivity index (χ0n) is 15.2. The normalized spacial score (nSPS) is 18.1. The summed E-state index contributed by atoms with van der Waals surface area (Å²) in [5.41, 5.74) is 3.53. The minimum Gasteiger partial charge on any atom is -0.312 e. The summed E-state index contributed by atoms with van der Waals surface area (Å²) in [6, 6.07) is 14.3. The van der Waals surface area contributed by atoms with E-state index in [0.717, 1.165) is 63.6 Å². The molecule has 136 valence electrons. The second kappa shape index (κ2) is 7.98. The molecule has 5 heteroatoms. The minimum atomic E-state index is 0.255. The average molecular weight is 350 g/mol. The zero-order valence-corrected chi connectivity index (χ0v) is 15.2. The van der Waals surface area contributed by atoms with E-state index < -0.39 is 0 Å². The van der Waals surface area contributed by atoms with E-state index in [1.54, 1.807) is 0 Å². The first kappa shape index (κ1) is 17.2. The van der Waals surface area contributed by atoms with E-state index in [4.69, 9.17) is 0 Å². The maximum atomic E-state index is 12.6. The largest absolute Gasteiger partial charge is 0.312 e. The third-order valence-corrected chi connectivity index (χ3v) is 5.41. The van der Waals surface area contributed by atoms with Gasteiger partial charge in [-0.15, -0.1) is 0 Å². The number of fused-ring (bicyclic) bond motifs is 1. The first-order chi connectivity index (χ1) is 12.8. The molecule has 0 N–H and O–H groups in total. The third-order valence-electron chi connectivity index (χ3n) is 5.41. The number of nitrogens with zero attached hydrogens (tertiary/aromatic N) is 4. The second-order valence-electron chi connectivity index (χ2n) is 7.11. The van der Waals surface area contributed by atoms with Gasteiger partial charge in [-0.25, -0.2) is 0 Å². The number of aromatic nitrogens is 1. The lowest BCUT2D eigenvalue weighted by Gasteiger charge is -2.34. The van der Waals surface area contributed by atoms with Gasteiger partial charge in [-0.3, -0.25) is 14.7 Å². The van der Waals surface area contributed by atoms with Gasteiger partial charge in [-0.2, -0.15) is 0 Å². The van der Waals surface area contributed by atoms with Gasteiger partial charge in [-0.05, 0) is 30.2 Å². The van der Waals surface area contributed by atoms with Crippen molar-refractivity contribution in [2.45, 2.75) is 19.4 Å². The molecule has 3 heterocycles. The highest BCUT2D eigenvalue weighted by atomic mass is 16.2. The van der Waals surface area contributed by atoms with Crippen LogP contribution in [-0.2, 0) is 17.8 Å². The summed E-state index contributed by atoms with van der Waals surface area (Å²) in [4.78, 5) is 23.9. The highest BCUT2D eigenvalue weighted by Crippen LogP contribution is 2.27. The van der Waals surface area contributed by atoms with Gasteiger partial charge in [0.2, 0.25) is 5.91 Å². The monoisotopic (exact) mass is 350 g/mol. The molecule has 1 aromatic heterocycles. The highest BCUT2D eigenvalue weighted by Gasteiger charge is 2.25. The Morgan fingerprint density at radius 1 is 0.923 bits per heavy atom. The number of rotatable bonds is 5. The van der Waals surface area contributed by atoms with E-state index >= 15 is 0 Å². The molecule has 2 aliphatic rings. The van der Waals surface area contributed by atoms with Crippen molar-refractivity contribution in [3.05, 3.63) is 59.9 Å². The topological polar surface area (TPSA) is 39.7 Å². The summed E-state index contributed by atoms with van der Waals surface area (Å²) < 4.78 is 0. The number of benzene rings is 1. The van der Waals surface area contributed by atoms with Crippen molar-refractivity contribution in [2.24, 2.45) is 0 Å². The van der Waals surface area contributed by atoms with E-state index in [9.17, 15) is 4.79 Å². The molecule has 1 saturated heterocycles. The van der Waals surface area contributed by atoms with Crippen LogP contribution in [-0.4, -0.2) is 60.0 Å².